The Kier molecular flexibility index (Phi) is 14.0. The van der Waals surface area contributed by atoms with Crippen LogP contribution in [0, 0.1) is 0 Å². The SMILES string of the molecule is NCCCCC(NC(=O)C(CCC(N)=O)NC(=O)C(CCC(=O)O)NC(=O)C(N)Cc1cnc[nH]1)C(=O)O. The van der Waals surface area contributed by atoms with Crippen LogP contribution >= 0.6 is 0 Å². The van der Waals surface area contributed by atoms with Gasteiger partial charge in [-0.2, -0.15) is 0 Å². The number of aliphatic carboxylic acids is 2. The Morgan fingerprint density at radius 1 is 0.868 bits per heavy atom. The zero-order valence-corrected chi connectivity index (χ0v) is 20.9. The minimum Gasteiger partial charge on any atom is -0.481 e. The number of carboxylic acid groups (broad SMARTS) is 2. The van der Waals surface area contributed by atoms with Crippen LogP contribution < -0.4 is 33.2 Å². The van der Waals surface area contributed by atoms with Crippen LogP contribution in [0.25, 0.3) is 0 Å². The molecule has 0 fully saturated rings. The van der Waals surface area contributed by atoms with Gasteiger partial charge in [0.1, 0.15) is 18.1 Å². The monoisotopic (exact) mass is 540 g/mol. The first-order valence-electron chi connectivity index (χ1n) is 12.0. The normalized spacial score (nSPS) is 13.9. The lowest BCUT2D eigenvalue weighted by atomic mass is 10.0. The molecule has 1 heterocycles. The molecule has 16 heteroatoms. The predicted octanol–water partition coefficient (Wildman–Crippen LogP) is -2.92. The number of unbranched alkanes of at least 4 members (excludes halogenated alkanes) is 1. The van der Waals surface area contributed by atoms with Crippen LogP contribution in [0.15, 0.2) is 12.5 Å². The van der Waals surface area contributed by atoms with Gasteiger partial charge in [-0.1, -0.05) is 0 Å². The molecule has 0 saturated heterocycles. The number of rotatable bonds is 19. The second-order valence-corrected chi connectivity index (χ2v) is 8.63. The average Bonchev–Trinajstić information content (AvgIpc) is 3.35. The van der Waals surface area contributed by atoms with E-state index in [1.807, 2.05) is 0 Å². The van der Waals surface area contributed by atoms with Crippen molar-refractivity contribution >= 4 is 35.6 Å². The van der Waals surface area contributed by atoms with Gasteiger partial charge in [0, 0.05) is 31.2 Å². The van der Waals surface area contributed by atoms with Gasteiger partial charge < -0.3 is 48.3 Å². The Hall–Kier alpha value is -4.05. The first-order valence-corrected chi connectivity index (χ1v) is 12.0. The van der Waals surface area contributed by atoms with E-state index in [0.717, 1.165) is 0 Å². The van der Waals surface area contributed by atoms with Crippen LogP contribution in [0.4, 0.5) is 0 Å². The van der Waals surface area contributed by atoms with Crippen molar-refractivity contribution in [3.05, 3.63) is 18.2 Å². The number of nitrogens with two attached hydrogens (primary N) is 3. The highest BCUT2D eigenvalue weighted by molar-refractivity contribution is 5.94. The molecule has 0 saturated carbocycles. The van der Waals surface area contributed by atoms with Crippen LogP contribution in [0.1, 0.15) is 50.6 Å². The number of carbonyl (C=O) groups excluding carboxylic acids is 4. The second kappa shape index (κ2) is 16.6. The van der Waals surface area contributed by atoms with Gasteiger partial charge in [-0.3, -0.25) is 24.0 Å². The largest absolute Gasteiger partial charge is 0.481 e. The Labute approximate surface area is 218 Å². The average molecular weight is 541 g/mol. The van der Waals surface area contributed by atoms with Crippen molar-refractivity contribution in [1.29, 1.82) is 0 Å². The quantitative estimate of drug-likeness (QED) is 0.0801. The molecule has 0 aliphatic rings. The molecule has 0 aliphatic carbocycles. The predicted molar refractivity (Wildman–Crippen MR) is 132 cm³/mol. The van der Waals surface area contributed by atoms with E-state index >= 15 is 0 Å². The number of amides is 4. The van der Waals surface area contributed by atoms with E-state index in [4.69, 9.17) is 22.3 Å². The maximum absolute atomic E-state index is 13.0. The van der Waals surface area contributed by atoms with Gasteiger partial charge in [0.25, 0.3) is 0 Å². The van der Waals surface area contributed by atoms with Crippen molar-refractivity contribution < 1.29 is 39.0 Å². The molecular formula is C22H36N8O8. The summed E-state index contributed by atoms with van der Waals surface area (Å²) in [5, 5.41) is 25.5. The third-order valence-corrected chi connectivity index (χ3v) is 5.49. The number of hydrogen-bond acceptors (Lipinski definition) is 9. The van der Waals surface area contributed by atoms with E-state index in [1.54, 1.807) is 0 Å². The van der Waals surface area contributed by atoms with Crippen LogP contribution in [0.5, 0.6) is 0 Å². The van der Waals surface area contributed by atoms with Crippen LogP contribution in [0.3, 0.4) is 0 Å². The van der Waals surface area contributed by atoms with Crippen molar-refractivity contribution in [2.75, 3.05) is 6.54 Å². The number of nitrogens with zero attached hydrogens (tertiary/aromatic N) is 1. The number of imidazole rings is 1. The minimum absolute atomic E-state index is 0.0590. The van der Waals surface area contributed by atoms with Crippen molar-refractivity contribution in [1.82, 2.24) is 25.9 Å². The highest BCUT2D eigenvalue weighted by atomic mass is 16.4. The minimum atomic E-state index is -1.39. The van der Waals surface area contributed by atoms with Gasteiger partial charge in [-0.15, -0.1) is 0 Å². The number of H-pyrrole nitrogens is 1. The fourth-order valence-corrected chi connectivity index (χ4v) is 3.39. The third kappa shape index (κ3) is 12.3. The molecule has 0 aliphatic heterocycles. The summed E-state index contributed by atoms with van der Waals surface area (Å²) in [6.07, 6.45) is 2.56. The molecule has 1 rings (SSSR count). The summed E-state index contributed by atoms with van der Waals surface area (Å²) >= 11 is 0. The molecule has 0 radical (unpaired) electrons. The molecule has 1 aromatic rings. The van der Waals surface area contributed by atoms with Crippen molar-refractivity contribution in [3.63, 3.8) is 0 Å². The molecule has 4 atom stereocenters. The molecular weight excluding hydrogens is 504 g/mol. The zero-order chi connectivity index (χ0) is 28.7. The first-order chi connectivity index (χ1) is 17.9. The van der Waals surface area contributed by atoms with Crippen molar-refractivity contribution in [2.24, 2.45) is 17.2 Å². The van der Waals surface area contributed by atoms with Crippen LogP contribution in [-0.4, -0.2) is 86.5 Å². The number of carbonyl (C=O) groups is 6. The van der Waals surface area contributed by atoms with E-state index in [1.165, 1.54) is 12.5 Å². The van der Waals surface area contributed by atoms with Gasteiger partial charge >= 0.3 is 11.9 Å². The molecule has 4 amide bonds. The van der Waals surface area contributed by atoms with Crippen LogP contribution in [-0.2, 0) is 35.2 Å². The number of hydrogen-bond donors (Lipinski definition) is 9. The molecule has 0 spiro atoms. The summed E-state index contributed by atoms with van der Waals surface area (Å²) < 4.78 is 0. The highest BCUT2D eigenvalue weighted by Crippen LogP contribution is 2.07. The summed E-state index contributed by atoms with van der Waals surface area (Å²) in [6, 6.07) is -5.16. The van der Waals surface area contributed by atoms with Gasteiger partial charge in [0.15, 0.2) is 0 Å². The van der Waals surface area contributed by atoms with Gasteiger partial charge in [0.2, 0.25) is 23.6 Å². The maximum Gasteiger partial charge on any atom is 0.326 e. The number of carboxylic acids is 2. The highest BCUT2D eigenvalue weighted by Gasteiger charge is 2.30. The maximum atomic E-state index is 13.0. The molecule has 16 nitrogen and oxygen atoms in total. The molecule has 38 heavy (non-hydrogen) atoms. The van der Waals surface area contributed by atoms with Gasteiger partial charge in [-0.25, -0.2) is 9.78 Å². The molecule has 212 valence electrons. The lowest BCUT2D eigenvalue weighted by Crippen LogP contribution is -2.57. The molecule has 4 unspecified atom stereocenters. The molecule has 12 N–H and O–H groups in total. The zero-order valence-electron chi connectivity index (χ0n) is 20.9. The van der Waals surface area contributed by atoms with Gasteiger partial charge in [0.05, 0.1) is 12.4 Å². The van der Waals surface area contributed by atoms with Crippen molar-refractivity contribution in [3.8, 4) is 0 Å². The van der Waals surface area contributed by atoms with E-state index in [0.29, 0.717) is 25.1 Å². The van der Waals surface area contributed by atoms with E-state index in [-0.39, 0.29) is 32.1 Å². The fourth-order valence-electron chi connectivity index (χ4n) is 3.39. The topological polar surface area (TPSA) is 286 Å². The first kappa shape index (κ1) is 32.0. The summed E-state index contributed by atoms with van der Waals surface area (Å²) in [5.41, 5.74) is 17.0. The molecule has 0 aromatic carbocycles. The van der Waals surface area contributed by atoms with Crippen molar-refractivity contribution in [2.45, 2.75) is 75.5 Å². The summed E-state index contributed by atoms with van der Waals surface area (Å²) in [4.78, 5) is 79.0. The number of primary amides is 1. The van der Waals surface area contributed by atoms with E-state index in [9.17, 15) is 33.9 Å². The Morgan fingerprint density at radius 2 is 1.45 bits per heavy atom. The summed E-state index contributed by atoms with van der Waals surface area (Å²) in [6.45, 7) is 0.340. The summed E-state index contributed by atoms with van der Waals surface area (Å²) in [7, 11) is 0. The van der Waals surface area contributed by atoms with Crippen LogP contribution in [0.2, 0.25) is 0 Å². The number of aromatic amines is 1. The number of nitrogens with one attached hydrogen (secondary N) is 4. The number of aromatic nitrogens is 2. The lowest BCUT2D eigenvalue weighted by molar-refractivity contribution is -0.142. The fraction of sp³-hybridized carbons (Fsp3) is 0.591. The Balaban J connectivity index is 2.98. The lowest BCUT2D eigenvalue weighted by Gasteiger charge is -2.25. The molecule has 0 bridgehead atoms. The van der Waals surface area contributed by atoms with Gasteiger partial charge in [-0.05, 0) is 38.6 Å². The Bertz CT molecular complexity index is 955. The summed E-state index contributed by atoms with van der Waals surface area (Å²) in [5.74, 6) is -5.87. The molecule has 1 aromatic heterocycles. The van der Waals surface area contributed by atoms with E-state index in [2.05, 4.69) is 25.9 Å². The Morgan fingerprint density at radius 3 is 1.95 bits per heavy atom. The third-order valence-electron chi connectivity index (χ3n) is 5.49. The smallest absolute Gasteiger partial charge is 0.326 e. The second-order valence-electron chi connectivity index (χ2n) is 8.63. The standard InChI is InChI=1S/C22H36N8O8/c23-8-2-1-3-16(22(37)38)30-21(36)14(4-6-17(25)31)29-20(35)15(5-7-18(32)33)28-19(34)13(24)9-12-10-26-11-27-12/h10-11,13-16H,1-9,23-24H2,(H2,25,31)(H,26,27)(H,28,34)(H,29,35)(H,30,36)(H,32,33)(H,37,38). The van der Waals surface area contributed by atoms with E-state index < -0.39 is 66.2 Å².